The monoisotopic (exact) mass is 417 g/mol. The van der Waals surface area contributed by atoms with E-state index in [0.29, 0.717) is 28.9 Å². The van der Waals surface area contributed by atoms with E-state index in [-0.39, 0.29) is 0 Å². The second-order valence-electron chi connectivity index (χ2n) is 6.14. The Hall–Kier alpha value is -2.99. The third-order valence-electron chi connectivity index (χ3n) is 3.97. The molecule has 0 aliphatic heterocycles. The largest absolute Gasteiger partial charge is 0.250 e. The first-order valence-electron chi connectivity index (χ1n) is 8.48. The number of rotatable bonds is 3. The van der Waals surface area contributed by atoms with E-state index in [1.54, 1.807) is 0 Å². The fraction of sp³-hybridized carbons (Fsp3) is 0.0952. The molecule has 132 valence electrons. The van der Waals surface area contributed by atoms with Crippen LogP contribution in [0.15, 0.2) is 65.1 Å². The van der Waals surface area contributed by atoms with Crippen LogP contribution in [0.3, 0.4) is 0 Å². The third kappa shape index (κ3) is 3.90. The number of halogens is 1. The van der Waals surface area contributed by atoms with Gasteiger partial charge in [-0.2, -0.15) is 0 Å². The quantitative estimate of drug-likeness (QED) is 0.466. The van der Waals surface area contributed by atoms with Crippen LogP contribution in [0.1, 0.15) is 11.4 Å². The minimum absolute atomic E-state index is 0.532. The first-order chi connectivity index (χ1) is 13.1. The molecule has 4 aromatic rings. The summed E-state index contributed by atoms with van der Waals surface area (Å²) in [5.74, 6) is 1.66. The predicted molar refractivity (Wildman–Crippen MR) is 109 cm³/mol. The number of aryl methyl sites for hydroxylation is 2. The van der Waals surface area contributed by atoms with Crippen LogP contribution in [0.5, 0.6) is 0 Å². The Morgan fingerprint density at radius 3 is 1.52 bits per heavy atom. The van der Waals surface area contributed by atoms with Crippen molar-refractivity contribution in [2.75, 3.05) is 0 Å². The molecule has 0 aliphatic rings. The maximum Gasteiger partial charge on any atom is 0.182 e. The molecule has 0 atom stereocenters. The van der Waals surface area contributed by atoms with Gasteiger partial charge in [0, 0.05) is 21.4 Å². The molecule has 0 saturated heterocycles. The molecular weight excluding hydrogens is 402 g/mol. The maximum atomic E-state index is 4.66. The predicted octanol–water partition coefficient (Wildman–Crippen LogP) is 5.04. The highest BCUT2D eigenvalue weighted by atomic mass is 79.9. The number of hydrogen-bond donors (Lipinski definition) is 0. The first kappa shape index (κ1) is 17.4. The highest BCUT2D eigenvalue weighted by molar-refractivity contribution is 9.10. The normalized spacial score (nSPS) is 10.8. The number of hydrogen-bond acceptors (Lipinski definition) is 5. The summed E-state index contributed by atoms with van der Waals surface area (Å²) in [6.07, 6.45) is 0. The highest BCUT2D eigenvalue weighted by Crippen LogP contribution is 2.24. The number of benzene rings is 1. The number of pyridine rings is 2. The highest BCUT2D eigenvalue weighted by Gasteiger charge is 2.13. The SMILES string of the molecule is Cc1cccc(-c2nc(-c3ccc(Br)cc3)nc(-c3cccc(C)n3)n2)n1. The molecule has 0 aliphatic carbocycles. The lowest BCUT2D eigenvalue weighted by Gasteiger charge is -2.08. The van der Waals surface area contributed by atoms with Gasteiger partial charge in [-0.1, -0.05) is 40.2 Å². The first-order valence-corrected chi connectivity index (χ1v) is 9.28. The van der Waals surface area contributed by atoms with E-state index in [1.807, 2.05) is 74.5 Å². The molecule has 0 N–H and O–H groups in total. The Balaban J connectivity index is 1.92. The Labute approximate surface area is 165 Å². The van der Waals surface area contributed by atoms with Crippen LogP contribution in [0.4, 0.5) is 0 Å². The lowest BCUT2D eigenvalue weighted by Crippen LogP contribution is -2.02. The van der Waals surface area contributed by atoms with Crippen molar-refractivity contribution in [1.82, 2.24) is 24.9 Å². The molecule has 0 unspecified atom stereocenters. The van der Waals surface area contributed by atoms with E-state index in [9.17, 15) is 0 Å². The van der Waals surface area contributed by atoms with Crippen LogP contribution in [0.2, 0.25) is 0 Å². The molecule has 4 rings (SSSR count). The van der Waals surface area contributed by atoms with Gasteiger partial charge in [-0.15, -0.1) is 0 Å². The van der Waals surface area contributed by atoms with E-state index in [0.717, 1.165) is 21.4 Å². The van der Waals surface area contributed by atoms with Gasteiger partial charge < -0.3 is 0 Å². The van der Waals surface area contributed by atoms with Crippen LogP contribution >= 0.6 is 15.9 Å². The standard InChI is InChI=1S/C21H16BrN5/c1-13-5-3-7-17(23-13)20-25-19(15-9-11-16(22)12-10-15)26-21(27-20)18-8-4-6-14(2)24-18/h3-12H,1-2H3. The van der Waals surface area contributed by atoms with Gasteiger partial charge in [0.25, 0.3) is 0 Å². The Kier molecular flexibility index (Phi) is 4.73. The molecule has 0 amide bonds. The fourth-order valence-electron chi connectivity index (χ4n) is 2.67. The van der Waals surface area contributed by atoms with Crippen LogP contribution in [-0.4, -0.2) is 24.9 Å². The minimum Gasteiger partial charge on any atom is -0.250 e. The van der Waals surface area contributed by atoms with Gasteiger partial charge in [-0.05, 0) is 50.2 Å². The molecule has 3 aromatic heterocycles. The second kappa shape index (κ2) is 7.32. The third-order valence-corrected chi connectivity index (χ3v) is 4.50. The minimum atomic E-state index is 0.532. The van der Waals surface area contributed by atoms with Crippen LogP contribution < -0.4 is 0 Å². The summed E-state index contributed by atoms with van der Waals surface area (Å²) in [5.41, 5.74) is 4.15. The van der Waals surface area contributed by atoms with E-state index < -0.39 is 0 Å². The number of nitrogens with zero attached hydrogens (tertiary/aromatic N) is 5. The van der Waals surface area contributed by atoms with Crippen molar-refractivity contribution in [3.8, 4) is 34.4 Å². The van der Waals surface area contributed by atoms with Crippen molar-refractivity contribution < 1.29 is 0 Å². The van der Waals surface area contributed by atoms with Crippen molar-refractivity contribution >= 4 is 15.9 Å². The molecule has 1 aromatic carbocycles. The van der Waals surface area contributed by atoms with Gasteiger partial charge >= 0.3 is 0 Å². The van der Waals surface area contributed by atoms with Crippen LogP contribution in [-0.2, 0) is 0 Å². The van der Waals surface area contributed by atoms with Gasteiger partial charge in [-0.3, -0.25) is 0 Å². The van der Waals surface area contributed by atoms with Crippen LogP contribution in [0.25, 0.3) is 34.4 Å². The second-order valence-corrected chi connectivity index (χ2v) is 7.06. The average Bonchev–Trinajstić information content (AvgIpc) is 2.68. The number of aromatic nitrogens is 5. The van der Waals surface area contributed by atoms with Gasteiger partial charge in [0.1, 0.15) is 11.4 Å². The summed E-state index contributed by atoms with van der Waals surface area (Å²) in [5, 5.41) is 0. The van der Waals surface area contributed by atoms with Crippen molar-refractivity contribution in [2.24, 2.45) is 0 Å². The zero-order chi connectivity index (χ0) is 18.8. The van der Waals surface area contributed by atoms with Gasteiger partial charge in [0.2, 0.25) is 0 Å². The molecule has 3 heterocycles. The molecular formula is C21H16BrN5. The van der Waals surface area contributed by atoms with Gasteiger partial charge in [0.05, 0.1) is 0 Å². The molecule has 0 radical (unpaired) electrons. The maximum absolute atomic E-state index is 4.66. The van der Waals surface area contributed by atoms with Crippen molar-refractivity contribution in [1.29, 1.82) is 0 Å². The average molecular weight is 418 g/mol. The summed E-state index contributed by atoms with van der Waals surface area (Å²) in [6, 6.07) is 19.5. The van der Waals surface area contributed by atoms with Crippen LogP contribution in [0, 0.1) is 13.8 Å². The lowest BCUT2D eigenvalue weighted by atomic mass is 10.2. The Morgan fingerprint density at radius 1 is 0.556 bits per heavy atom. The molecule has 0 saturated carbocycles. The summed E-state index contributed by atoms with van der Waals surface area (Å²) >= 11 is 3.46. The van der Waals surface area contributed by atoms with E-state index in [4.69, 9.17) is 0 Å². The van der Waals surface area contributed by atoms with Gasteiger partial charge in [0.15, 0.2) is 17.5 Å². The molecule has 0 fully saturated rings. The topological polar surface area (TPSA) is 64.5 Å². The molecule has 6 heteroatoms. The zero-order valence-electron chi connectivity index (χ0n) is 14.9. The summed E-state index contributed by atoms with van der Waals surface area (Å²) in [7, 11) is 0. The summed E-state index contributed by atoms with van der Waals surface area (Å²) in [6.45, 7) is 3.90. The Bertz CT molecular complexity index is 1050. The van der Waals surface area contributed by atoms with Gasteiger partial charge in [-0.25, -0.2) is 24.9 Å². The molecule has 0 bridgehead atoms. The van der Waals surface area contributed by atoms with E-state index in [1.165, 1.54) is 0 Å². The van der Waals surface area contributed by atoms with Crippen molar-refractivity contribution in [3.63, 3.8) is 0 Å². The van der Waals surface area contributed by atoms with Crippen molar-refractivity contribution in [2.45, 2.75) is 13.8 Å². The molecule has 0 spiro atoms. The summed E-state index contributed by atoms with van der Waals surface area (Å²) in [4.78, 5) is 23.1. The fourth-order valence-corrected chi connectivity index (χ4v) is 2.93. The zero-order valence-corrected chi connectivity index (χ0v) is 16.5. The molecule has 27 heavy (non-hydrogen) atoms. The molecule has 5 nitrogen and oxygen atoms in total. The van der Waals surface area contributed by atoms with E-state index >= 15 is 0 Å². The lowest BCUT2D eigenvalue weighted by molar-refractivity contribution is 1.03. The van der Waals surface area contributed by atoms with Crippen molar-refractivity contribution in [3.05, 3.63) is 76.5 Å². The summed E-state index contributed by atoms with van der Waals surface area (Å²) < 4.78 is 1.00. The van der Waals surface area contributed by atoms with E-state index in [2.05, 4.69) is 40.8 Å². The Morgan fingerprint density at radius 2 is 1.04 bits per heavy atom. The smallest absolute Gasteiger partial charge is 0.182 e.